The first-order valence-electron chi connectivity index (χ1n) is 5.58. The molecule has 5 nitrogen and oxygen atoms in total. The molecule has 0 saturated carbocycles. The number of rotatable bonds is 2. The number of halogens is 2. The molecule has 19 heavy (non-hydrogen) atoms. The number of ether oxygens (including phenoxy) is 1. The Morgan fingerprint density at radius 3 is 2.79 bits per heavy atom. The second-order valence-corrected chi connectivity index (χ2v) is 4.84. The number of carboxylic acid groups (broad SMARTS) is 1. The van der Waals surface area contributed by atoms with Crippen LogP contribution in [-0.4, -0.2) is 47.7 Å². The molecule has 0 aromatic heterocycles. The number of nitrogens with zero attached hydrogens (tertiary/aromatic N) is 1. The standard InChI is InChI=1S/C12H11Cl2NO4/c13-8-3-1-2-7(10(8)14)11(16)15-4-5-19-9(6-15)12(17)18/h1-3,9H,4-6H2,(H,17,18). The quantitative estimate of drug-likeness (QED) is 0.906. The van der Waals surface area contributed by atoms with Crippen LogP contribution in [0.2, 0.25) is 10.0 Å². The lowest BCUT2D eigenvalue weighted by Gasteiger charge is -2.31. The first-order valence-corrected chi connectivity index (χ1v) is 6.34. The van der Waals surface area contributed by atoms with Gasteiger partial charge in [-0.25, -0.2) is 4.79 Å². The highest BCUT2D eigenvalue weighted by atomic mass is 35.5. The largest absolute Gasteiger partial charge is 0.479 e. The third kappa shape index (κ3) is 3.00. The van der Waals surface area contributed by atoms with E-state index >= 15 is 0 Å². The highest BCUT2D eigenvalue weighted by molar-refractivity contribution is 6.43. The summed E-state index contributed by atoms with van der Waals surface area (Å²) in [5.41, 5.74) is 0.264. The summed E-state index contributed by atoms with van der Waals surface area (Å²) in [7, 11) is 0. The number of amides is 1. The molecule has 1 amide bonds. The number of morpholine rings is 1. The predicted molar refractivity (Wildman–Crippen MR) is 69.7 cm³/mol. The van der Waals surface area contributed by atoms with Gasteiger partial charge in [-0.1, -0.05) is 29.3 Å². The smallest absolute Gasteiger partial charge is 0.334 e. The number of carbonyl (C=O) groups is 2. The first kappa shape index (κ1) is 14.1. The lowest BCUT2D eigenvalue weighted by molar-refractivity contribution is -0.154. The van der Waals surface area contributed by atoms with E-state index < -0.39 is 12.1 Å². The normalized spacial score (nSPS) is 19.3. The summed E-state index contributed by atoms with van der Waals surface area (Å²) >= 11 is 11.8. The molecule has 0 bridgehead atoms. The predicted octanol–water partition coefficient (Wildman–Crippen LogP) is 1.92. The maximum atomic E-state index is 12.3. The monoisotopic (exact) mass is 303 g/mol. The van der Waals surface area contributed by atoms with E-state index in [1.54, 1.807) is 18.2 Å². The van der Waals surface area contributed by atoms with Gasteiger partial charge in [0.15, 0.2) is 6.10 Å². The SMILES string of the molecule is O=C(O)C1CN(C(=O)c2cccc(Cl)c2Cl)CCO1. The van der Waals surface area contributed by atoms with Crippen LogP contribution in [0.3, 0.4) is 0 Å². The maximum Gasteiger partial charge on any atom is 0.334 e. The Labute approximate surface area is 119 Å². The second kappa shape index (κ2) is 5.77. The van der Waals surface area contributed by atoms with Crippen molar-refractivity contribution in [3.63, 3.8) is 0 Å². The average molecular weight is 304 g/mol. The van der Waals surface area contributed by atoms with E-state index in [2.05, 4.69) is 0 Å². The molecule has 1 aromatic rings. The van der Waals surface area contributed by atoms with E-state index in [9.17, 15) is 9.59 Å². The lowest BCUT2D eigenvalue weighted by Crippen LogP contribution is -2.48. The van der Waals surface area contributed by atoms with Crippen LogP contribution in [-0.2, 0) is 9.53 Å². The molecule has 1 saturated heterocycles. The Hall–Kier alpha value is -1.30. The molecular weight excluding hydrogens is 293 g/mol. The van der Waals surface area contributed by atoms with Crippen molar-refractivity contribution in [3.8, 4) is 0 Å². The maximum absolute atomic E-state index is 12.3. The first-order chi connectivity index (χ1) is 9.00. The fraction of sp³-hybridized carbons (Fsp3) is 0.333. The van der Waals surface area contributed by atoms with Crippen LogP contribution >= 0.6 is 23.2 Å². The highest BCUT2D eigenvalue weighted by Gasteiger charge is 2.30. The third-order valence-electron chi connectivity index (χ3n) is 2.81. The summed E-state index contributed by atoms with van der Waals surface area (Å²) in [6.07, 6.45) is -1.00. The fourth-order valence-electron chi connectivity index (χ4n) is 1.82. The number of aliphatic carboxylic acids is 1. The van der Waals surface area contributed by atoms with E-state index in [1.807, 2.05) is 0 Å². The summed E-state index contributed by atoms with van der Waals surface area (Å²) in [6, 6.07) is 4.76. The van der Waals surface area contributed by atoms with Crippen LogP contribution in [0.25, 0.3) is 0 Å². The zero-order valence-electron chi connectivity index (χ0n) is 9.81. The van der Waals surface area contributed by atoms with Crippen molar-refractivity contribution in [2.75, 3.05) is 19.7 Å². The van der Waals surface area contributed by atoms with Crippen molar-refractivity contribution in [2.45, 2.75) is 6.10 Å². The van der Waals surface area contributed by atoms with E-state index in [1.165, 1.54) is 4.90 Å². The average Bonchev–Trinajstić information content (AvgIpc) is 2.41. The zero-order valence-corrected chi connectivity index (χ0v) is 11.3. The number of carboxylic acids is 1. The zero-order chi connectivity index (χ0) is 14.0. The van der Waals surface area contributed by atoms with Crippen LogP contribution in [0.4, 0.5) is 0 Å². The Kier molecular flexibility index (Phi) is 4.29. The van der Waals surface area contributed by atoms with Gasteiger partial charge in [0.05, 0.1) is 28.8 Å². The van der Waals surface area contributed by atoms with E-state index in [4.69, 9.17) is 33.0 Å². The van der Waals surface area contributed by atoms with Crippen LogP contribution in [0.5, 0.6) is 0 Å². The minimum absolute atomic E-state index is 0.00297. The topological polar surface area (TPSA) is 66.8 Å². The molecule has 1 fully saturated rings. The summed E-state index contributed by atoms with van der Waals surface area (Å²) in [5.74, 6) is -1.43. The molecule has 0 radical (unpaired) electrons. The third-order valence-corrected chi connectivity index (χ3v) is 3.63. The van der Waals surface area contributed by atoms with Crippen molar-refractivity contribution in [2.24, 2.45) is 0 Å². The molecule has 1 aliphatic rings. The molecule has 1 unspecified atom stereocenters. The minimum Gasteiger partial charge on any atom is -0.479 e. The Bertz CT molecular complexity index is 520. The van der Waals surface area contributed by atoms with Gasteiger partial charge in [-0.3, -0.25) is 4.79 Å². The van der Waals surface area contributed by atoms with Crippen molar-refractivity contribution in [3.05, 3.63) is 33.8 Å². The van der Waals surface area contributed by atoms with E-state index in [0.717, 1.165) is 0 Å². The molecule has 1 aliphatic heterocycles. The summed E-state index contributed by atoms with van der Waals surface area (Å²) in [5, 5.41) is 9.36. The van der Waals surface area contributed by atoms with Crippen LogP contribution < -0.4 is 0 Å². The number of carbonyl (C=O) groups excluding carboxylic acids is 1. The lowest BCUT2D eigenvalue weighted by atomic mass is 10.1. The molecule has 0 spiro atoms. The molecule has 1 atom stereocenters. The fourth-order valence-corrected chi connectivity index (χ4v) is 2.20. The van der Waals surface area contributed by atoms with E-state index in [0.29, 0.717) is 6.54 Å². The van der Waals surface area contributed by atoms with Gasteiger partial charge in [0.25, 0.3) is 5.91 Å². The van der Waals surface area contributed by atoms with Gasteiger partial charge < -0.3 is 14.7 Å². The van der Waals surface area contributed by atoms with Gasteiger partial charge in [-0.2, -0.15) is 0 Å². The van der Waals surface area contributed by atoms with Gasteiger partial charge in [0, 0.05) is 6.54 Å². The Balaban J connectivity index is 2.19. The highest BCUT2D eigenvalue weighted by Crippen LogP contribution is 2.27. The molecule has 1 N–H and O–H groups in total. The number of benzene rings is 1. The molecule has 102 valence electrons. The summed E-state index contributed by atoms with van der Waals surface area (Å²) in [6.45, 7) is 0.503. The molecule has 7 heteroatoms. The van der Waals surface area contributed by atoms with Gasteiger partial charge in [-0.05, 0) is 12.1 Å². The number of hydrogen-bond donors (Lipinski definition) is 1. The Morgan fingerprint density at radius 1 is 1.37 bits per heavy atom. The summed E-state index contributed by atoms with van der Waals surface area (Å²) in [4.78, 5) is 24.5. The molecule has 0 aliphatic carbocycles. The second-order valence-electron chi connectivity index (χ2n) is 4.05. The van der Waals surface area contributed by atoms with Crippen LogP contribution in [0.15, 0.2) is 18.2 Å². The molecular formula is C12H11Cl2NO4. The van der Waals surface area contributed by atoms with Crippen LogP contribution in [0.1, 0.15) is 10.4 Å². The van der Waals surface area contributed by atoms with Crippen molar-refractivity contribution in [1.29, 1.82) is 0 Å². The van der Waals surface area contributed by atoms with Crippen molar-refractivity contribution in [1.82, 2.24) is 4.90 Å². The van der Waals surface area contributed by atoms with Gasteiger partial charge in [-0.15, -0.1) is 0 Å². The van der Waals surface area contributed by atoms with Gasteiger partial charge in [0.2, 0.25) is 0 Å². The minimum atomic E-state index is -1.09. The van der Waals surface area contributed by atoms with E-state index in [-0.39, 0.29) is 34.7 Å². The van der Waals surface area contributed by atoms with Gasteiger partial charge in [0.1, 0.15) is 0 Å². The number of hydrogen-bond acceptors (Lipinski definition) is 3. The Morgan fingerprint density at radius 2 is 2.11 bits per heavy atom. The summed E-state index contributed by atoms with van der Waals surface area (Å²) < 4.78 is 5.06. The van der Waals surface area contributed by atoms with Gasteiger partial charge >= 0.3 is 5.97 Å². The molecule has 2 rings (SSSR count). The van der Waals surface area contributed by atoms with Crippen molar-refractivity contribution < 1.29 is 19.4 Å². The van der Waals surface area contributed by atoms with Crippen molar-refractivity contribution >= 4 is 35.1 Å². The van der Waals surface area contributed by atoms with Crippen LogP contribution in [0, 0.1) is 0 Å². The molecule has 1 aromatic carbocycles. The molecule has 1 heterocycles.